The predicted molar refractivity (Wildman–Crippen MR) is 69.4 cm³/mol. The molecule has 0 saturated heterocycles. The van der Waals surface area contributed by atoms with Crippen molar-refractivity contribution in [1.29, 1.82) is 0 Å². The van der Waals surface area contributed by atoms with Crippen LogP contribution in [-0.2, 0) is 10.6 Å². The Hall–Kier alpha value is -1.05. The van der Waals surface area contributed by atoms with Crippen LogP contribution in [0.15, 0.2) is 28.7 Å². The van der Waals surface area contributed by atoms with E-state index in [1.54, 1.807) is 6.92 Å². The van der Waals surface area contributed by atoms with Crippen molar-refractivity contribution in [2.75, 3.05) is 0 Å². The number of alkyl halides is 4. The molecule has 1 aromatic carbocycles. The van der Waals surface area contributed by atoms with Crippen LogP contribution in [0.4, 0.5) is 13.2 Å². The summed E-state index contributed by atoms with van der Waals surface area (Å²) in [5, 5.41) is 0. The zero-order valence-corrected chi connectivity index (χ0v) is 11.5. The summed E-state index contributed by atoms with van der Waals surface area (Å²) in [5.41, 5.74) is 0.677. The zero-order chi connectivity index (χ0) is 13.3. The monoisotopic (exact) mass is 367 g/mol. The van der Waals surface area contributed by atoms with E-state index < -0.39 is 11.7 Å². The summed E-state index contributed by atoms with van der Waals surface area (Å²) >= 11 is 2.16. The van der Waals surface area contributed by atoms with Gasteiger partial charge in [0.1, 0.15) is 5.76 Å². The van der Waals surface area contributed by atoms with E-state index in [2.05, 4.69) is 27.6 Å². The van der Waals surface area contributed by atoms with Gasteiger partial charge in [0.15, 0.2) is 0 Å². The summed E-state index contributed by atoms with van der Waals surface area (Å²) in [5.74, 6) is 1.05. The minimum atomic E-state index is -4.32. The maximum atomic E-state index is 12.4. The average Bonchev–Trinajstić information content (AvgIpc) is 2.69. The molecule has 2 nitrogen and oxygen atoms in total. The number of oxazole rings is 1. The standard InChI is InChI=1S/C12H9F3INO/c1-7-10(6-16)17-11(18-7)8-2-4-9(5-3-8)12(13,14)15/h2-5H,6H2,1H3. The van der Waals surface area contributed by atoms with Crippen LogP contribution in [-0.4, -0.2) is 4.98 Å². The summed E-state index contributed by atoms with van der Waals surface area (Å²) in [4.78, 5) is 4.23. The molecule has 0 fully saturated rings. The number of nitrogens with zero attached hydrogens (tertiary/aromatic N) is 1. The van der Waals surface area contributed by atoms with E-state index in [0.29, 0.717) is 21.6 Å². The Bertz CT molecular complexity index is 545. The number of hydrogen-bond acceptors (Lipinski definition) is 2. The Morgan fingerprint density at radius 1 is 1.22 bits per heavy atom. The summed E-state index contributed by atoms with van der Waals surface area (Å²) in [6.07, 6.45) is -4.32. The normalized spacial score (nSPS) is 11.8. The van der Waals surface area contributed by atoms with Crippen molar-refractivity contribution in [3.63, 3.8) is 0 Å². The van der Waals surface area contributed by atoms with E-state index in [9.17, 15) is 13.2 Å². The fraction of sp³-hybridized carbons (Fsp3) is 0.250. The van der Waals surface area contributed by atoms with Gasteiger partial charge in [0.2, 0.25) is 5.89 Å². The molecule has 2 rings (SSSR count). The van der Waals surface area contributed by atoms with Crippen molar-refractivity contribution >= 4 is 22.6 Å². The molecule has 0 aliphatic carbocycles. The molecule has 0 N–H and O–H groups in total. The summed E-state index contributed by atoms with van der Waals surface area (Å²) < 4.78 is 43.3. The lowest BCUT2D eigenvalue weighted by Crippen LogP contribution is -2.03. The minimum absolute atomic E-state index is 0.355. The molecule has 0 amide bonds. The maximum Gasteiger partial charge on any atom is 0.416 e. The third-order valence-corrected chi connectivity index (χ3v) is 3.20. The van der Waals surface area contributed by atoms with Crippen LogP contribution >= 0.6 is 22.6 Å². The van der Waals surface area contributed by atoms with Gasteiger partial charge in [-0.15, -0.1) is 0 Å². The molecule has 6 heteroatoms. The highest BCUT2D eigenvalue weighted by Gasteiger charge is 2.30. The van der Waals surface area contributed by atoms with Gasteiger partial charge >= 0.3 is 6.18 Å². The van der Waals surface area contributed by atoms with Gasteiger partial charge in [-0.3, -0.25) is 0 Å². The van der Waals surface area contributed by atoms with Gasteiger partial charge < -0.3 is 4.42 Å². The Morgan fingerprint density at radius 2 is 1.83 bits per heavy atom. The Morgan fingerprint density at radius 3 is 2.28 bits per heavy atom. The van der Waals surface area contributed by atoms with Gasteiger partial charge in [0.25, 0.3) is 0 Å². The molecular weight excluding hydrogens is 358 g/mol. The number of aryl methyl sites for hydroxylation is 1. The zero-order valence-electron chi connectivity index (χ0n) is 9.38. The van der Waals surface area contributed by atoms with Gasteiger partial charge in [-0.1, -0.05) is 22.6 Å². The largest absolute Gasteiger partial charge is 0.441 e. The van der Waals surface area contributed by atoms with Crippen LogP contribution < -0.4 is 0 Å². The number of halogens is 4. The molecule has 0 aliphatic rings. The fourth-order valence-electron chi connectivity index (χ4n) is 1.48. The quantitative estimate of drug-likeness (QED) is 0.573. The van der Waals surface area contributed by atoms with Crippen molar-refractivity contribution in [3.8, 4) is 11.5 Å². The fourth-order valence-corrected chi connectivity index (χ4v) is 2.18. The van der Waals surface area contributed by atoms with Crippen molar-refractivity contribution < 1.29 is 17.6 Å². The second-order valence-electron chi connectivity index (χ2n) is 3.73. The predicted octanol–water partition coefficient (Wildman–Crippen LogP) is 4.60. The van der Waals surface area contributed by atoms with E-state index >= 15 is 0 Å². The van der Waals surface area contributed by atoms with Crippen LogP contribution in [0.25, 0.3) is 11.5 Å². The average molecular weight is 367 g/mol. The molecule has 0 bridgehead atoms. The first kappa shape index (κ1) is 13.4. The summed E-state index contributed by atoms with van der Waals surface area (Å²) in [6.45, 7) is 1.79. The first-order valence-electron chi connectivity index (χ1n) is 5.11. The van der Waals surface area contributed by atoms with Crippen LogP contribution in [0, 0.1) is 6.92 Å². The van der Waals surface area contributed by atoms with Crippen LogP contribution in [0.5, 0.6) is 0 Å². The van der Waals surface area contributed by atoms with Crippen molar-refractivity contribution in [2.24, 2.45) is 0 Å². The van der Waals surface area contributed by atoms with Crippen LogP contribution in [0.1, 0.15) is 17.0 Å². The highest BCUT2D eigenvalue weighted by molar-refractivity contribution is 14.1. The molecule has 0 atom stereocenters. The molecular formula is C12H9F3INO. The molecule has 18 heavy (non-hydrogen) atoms. The second kappa shape index (κ2) is 4.91. The lowest BCUT2D eigenvalue weighted by molar-refractivity contribution is -0.137. The smallest absolute Gasteiger partial charge is 0.416 e. The Kier molecular flexibility index (Phi) is 3.65. The third kappa shape index (κ3) is 2.68. The third-order valence-electron chi connectivity index (χ3n) is 2.48. The van der Waals surface area contributed by atoms with Crippen molar-refractivity contribution in [2.45, 2.75) is 17.5 Å². The van der Waals surface area contributed by atoms with Gasteiger partial charge in [-0.2, -0.15) is 13.2 Å². The van der Waals surface area contributed by atoms with Crippen LogP contribution in [0.2, 0.25) is 0 Å². The Balaban J connectivity index is 2.34. The molecule has 0 spiro atoms. The summed E-state index contributed by atoms with van der Waals surface area (Å²) in [6, 6.07) is 4.79. The van der Waals surface area contributed by atoms with Gasteiger partial charge in [0.05, 0.1) is 11.3 Å². The number of aromatic nitrogens is 1. The maximum absolute atomic E-state index is 12.4. The molecule has 0 radical (unpaired) electrons. The first-order valence-corrected chi connectivity index (χ1v) is 6.64. The minimum Gasteiger partial charge on any atom is -0.441 e. The summed E-state index contributed by atoms with van der Waals surface area (Å²) in [7, 11) is 0. The molecule has 0 aliphatic heterocycles. The van der Waals surface area contributed by atoms with E-state index in [4.69, 9.17) is 4.42 Å². The molecule has 96 valence electrons. The second-order valence-corrected chi connectivity index (χ2v) is 4.49. The topological polar surface area (TPSA) is 26.0 Å². The molecule has 1 aromatic heterocycles. The number of benzene rings is 1. The molecule has 0 saturated carbocycles. The SMILES string of the molecule is Cc1oc(-c2ccc(C(F)(F)F)cc2)nc1CI. The van der Waals surface area contributed by atoms with Gasteiger partial charge in [-0.05, 0) is 31.2 Å². The lowest BCUT2D eigenvalue weighted by Gasteiger charge is -2.05. The molecule has 2 aromatic rings. The van der Waals surface area contributed by atoms with E-state index in [0.717, 1.165) is 17.8 Å². The highest BCUT2D eigenvalue weighted by Crippen LogP contribution is 2.31. The molecule has 1 heterocycles. The number of hydrogen-bond donors (Lipinski definition) is 0. The van der Waals surface area contributed by atoms with Gasteiger partial charge in [0, 0.05) is 9.99 Å². The lowest BCUT2D eigenvalue weighted by atomic mass is 10.1. The van der Waals surface area contributed by atoms with Crippen molar-refractivity contribution in [1.82, 2.24) is 4.98 Å². The van der Waals surface area contributed by atoms with Crippen molar-refractivity contribution in [3.05, 3.63) is 41.3 Å². The van der Waals surface area contributed by atoms with Crippen LogP contribution in [0.3, 0.4) is 0 Å². The van der Waals surface area contributed by atoms with E-state index in [1.807, 2.05) is 0 Å². The first-order chi connectivity index (χ1) is 8.41. The van der Waals surface area contributed by atoms with E-state index in [1.165, 1.54) is 12.1 Å². The van der Waals surface area contributed by atoms with Gasteiger partial charge in [-0.25, -0.2) is 4.98 Å². The highest BCUT2D eigenvalue weighted by atomic mass is 127. The van der Waals surface area contributed by atoms with E-state index in [-0.39, 0.29) is 0 Å². The molecule has 0 unspecified atom stereocenters. The Labute approximate surface area is 115 Å². The number of rotatable bonds is 2.